The quantitative estimate of drug-likeness (QED) is 0.236. The molecule has 8 nitrogen and oxygen atoms in total. The summed E-state index contributed by atoms with van der Waals surface area (Å²) in [4.78, 5) is 27.9. The fraction of sp³-hybridized carbons (Fsp3) is 0.226. The van der Waals surface area contributed by atoms with Gasteiger partial charge in [0.2, 0.25) is 11.8 Å². The van der Waals surface area contributed by atoms with Crippen molar-refractivity contribution in [2.75, 3.05) is 10.0 Å². The number of aryl methyl sites for hydroxylation is 3. The van der Waals surface area contributed by atoms with E-state index >= 15 is 0 Å². The molecule has 0 saturated heterocycles. The molecule has 0 unspecified atom stereocenters. The first-order valence-corrected chi connectivity index (χ1v) is 14.4. The molecule has 0 spiro atoms. The summed E-state index contributed by atoms with van der Waals surface area (Å²) in [6.45, 7) is 6.09. The average Bonchev–Trinajstić information content (AvgIpc) is 3.41. The Hall–Kier alpha value is -4.37. The third kappa shape index (κ3) is 7.39. The second kappa shape index (κ2) is 12.7. The smallest absolute Gasteiger partial charge is 0.262 e. The minimum absolute atomic E-state index is 0.0188. The number of para-hydroxylation sites is 2. The molecule has 9 heteroatoms. The zero-order chi connectivity index (χ0) is 28.7. The Labute approximate surface area is 235 Å². The van der Waals surface area contributed by atoms with E-state index in [0.717, 1.165) is 11.1 Å². The van der Waals surface area contributed by atoms with Crippen LogP contribution in [0.2, 0.25) is 0 Å². The minimum atomic E-state index is -3.91. The normalized spacial score (nSPS) is 11.2. The van der Waals surface area contributed by atoms with Crippen LogP contribution in [0.4, 0.5) is 11.4 Å². The molecule has 0 aliphatic carbocycles. The Morgan fingerprint density at radius 1 is 0.800 bits per heavy atom. The molecule has 4 aromatic rings. The van der Waals surface area contributed by atoms with Gasteiger partial charge in [0, 0.05) is 19.4 Å². The lowest BCUT2D eigenvalue weighted by atomic mass is 10.1. The molecule has 2 amide bonds. The second-order valence-electron chi connectivity index (χ2n) is 9.74. The summed E-state index contributed by atoms with van der Waals surface area (Å²) in [6.07, 6.45) is 1.47. The van der Waals surface area contributed by atoms with Crippen LogP contribution in [0.3, 0.4) is 0 Å². The zero-order valence-corrected chi connectivity index (χ0v) is 23.6. The van der Waals surface area contributed by atoms with Crippen molar-refractivity contribution in [3.63, 3.8) is 0 Å². The van der Waals surface area contributed by atoms with Crippen molar-refractivity contribution in [2.45, 2.75) is 51.6 Å². The summed E-state index contributed by atoms with van der Waals surface area (Å²) in [5.74, 6) is 0.0454. The topological polar surface area (TPSA) is 109 Å². The number of hydrogen-bond acceptors (Lipinski definition) is 5. The third-order valence-corrected chi connectivity index (χ3v) is 8.05. The molecule has 208 valence electrons. The fourth-order valence-electron chi connectivity index (χ4n) is 4.69. The molecule has 0 bridgehead atoms. The highest BCUT2D eigenvalue weighted by Gasteiger charge is 2.22. The molecule has 3 aromatic carbocycles. The highest BCUT2D eigenvalue weighted by Crippen LogP contribution is 2.28. The Morgan fingerprint density at radius 3 is 2.10 bits per heavy atom. The van der Waals surface area contributed by atoms with Crippen LogP contribution in [0.25, 0.3) is 0 Å². The first kappa shape index (κ1) is 28.6. The van der Waals surface area contributed by atoms with E-state index in [1.165, 1.54) is 0 Å². The van der Waals surface area contributed by atoms with E-state index in [2.05, 4.69) is 10.0 Å². The number of nitrogens with zero attached hydrogens (tertiary/aromatic N) is 1. The van der Waals surface area contributed by atoms with Gasteiger partial charge in [-0.25, -0.2) is 8.42 Å². The first-order valence-electron chi connectivity index (χ1n) is 13.0. The number of carbonyl (C=O) groups is 2. The Balaban J connectivity index is 1.43. The van der Waals surface area contributed by atoms with E-state index < -0.39 is 15.9 Å². The van der Waals surface area contributed by atoms with Crippen molar-refractivity contribution in [3.8, 4) is 0 Å². The number of hydrogen-bond donors (Lipinski definition) is 2. The number of carbonyl (C=O) groups excluding carboxylic acids is 2. The van der Waals surface area contributed by atoms with Crippen molar-refractivity contribution in [1.82, 2.24) is 4.90 Å². The van der Waals surface area contributed by atoms with Crippen LogP contribution in [0.1, 0.15) is 40.9 Å². The van der Waals surface area contributed by atoms with Crippen molar-refractivity contribution < 1.29 is 22.4 Å². The number of rotatable bonds is 11. The van der Waals surface area contributed by atoms with Crippen LogP contribution < -0.4 is 10.0 Å². The summed E-state index contributed by atoms with van der Waals surface area (Å²) < 4.78 is 34.6. The van der Waals surface area contributed by atoms with Gasteiger partial charge in [-0.15, -0.1) is 0 Å². The van der Waals surface area contributed by atoms with Gasteiger partial charge >= 0.3 is 0 Å². The summed E-state index contributed by atoms with van der Waals surface area (Å²) in [5, 5.41) is 2.76. The predicted molar refractivity (Wildman–Crippen MR) is 155 cm³/mol. The van der Waals surface area contributed by atoms with Gasteiger partial charge in [0.15, 0.2) is 0 Å². The van der Waals surface area contributed by atoms with Crippen LogP contribution in [0.5, 0.6) is 0 Å². The summed E-state index contributed by atoms with van der Waals surface area (Å²) in [7, 11) is -3.91. The van der Waals surface area contributed by atoms with E-state index in [0.29, 0.717) is 29.1 Å². The maximum atomic E-state index is 13.3. The molecule has 1 aromatic heterocycles. The van der Waals surface area contributed by atoms with E-state index in [4.69, 9.17) is 4.42 Å². The molecule has 0 fully saturated rings. The van der Waals surface area contributed by atoms with E-state index in [-0.39, 0.29) is 35.9 Å². The third-order valence-electron chi connectivity index (χ3n) is 6.38. The van der Waals surface area contributed by atoms with Crippen molar-refractivity contribution >= 4 is 33.2 Å². The van der Waals surface area contributed by atoms with Gasteiger partial charge in [-0.05, 0) is 61.7 Å². The van der Waals surface area contributed by atoms with Gasteiger partial charge < -0.3 is 14.6 Å². The maximum Gasteiger partial charge on any atom is 0.262 e. The Morgan fingerprint density at radius 2 is 1.45 bits per heavy atom. The van der Waals surface area contributed by atoms with Gasteiger partial charge in [-0.1, -0.05) is 60.2 Å². The average molecular weight is 560 g/mol. The second-order valence-corrected chi connectivity index (χ2v) is 11.4. The first-order chi connectivity index (χ1) is 19.1. The monoisotopic (exact) mass is 559 g/mol. The molecule has 0 aliphatic rings. The number of amides is 2. The molecule has 0 atom stereocenters. The largest absolute Gasteiger partial charge is 0.467 e. The van der Waals surface area contributed by atoms with Gasteiger partial charge in [0.05, 0.1) is 29.1 Å². The highest BCUT2D eigenvalue weighted by atomic mass is 32.2. The lowest BCUT2D eigenvalue weighted by molar-refractivity contribution is -0.134. The van der Waals surface area contributed by atoms with E-state index in [9.17, 15) is 18.0 Å². The zero-order valence-electron chi connectivity index (χ0n) is 22.8. The number of sulfonamides is 1. The molecule has 0 radical (unpaired) electrons. The van der Waals surface area contributed by atoms with Gasteiger partial charge in [-0.2, -0.15) is 0 Å². The van der Waals surface area contributed by atoms with Crippen molar-refractivity contribution in [3.05, 3.63) is 113 Å². The van der Waals surface area contributed by atoms with Crippen LogP contribution in [0, 0.1) is 20.8 Å². The SMILES string of the molecule is Cc1cc(C)c(S(=O)(=O)Nc2ccccc2NC(=O)CCC(=O)N(Cc2ccccc2)Cc2ccco2)c(C)c1. The molecule has 2 N–H and O–H groups in total. The van der Waals surface area contributed by atoms with Gasteiger partial charge in [0.25, 0.3) is 10.0 Å². The maximum absolute atomic E-state index is 13.3. The highest BCUT2D eigenvalue weighted by molar-refractivity contribution is 7.92. The van der Waals surface area contributed by atoms with E-state index in [1.807, 2.05) is 49.4 Å². The molecular formula is C31H33N3O5S. The van der Waals surface area contributed by atoms with Crippen molar-refractivity contribution in [2.24, 2.45) is 0 Å². The molecule has 0 saturated carbocycles. The van der Waals surface area contributed by atoms with Crippen LogP contribution >= 0.6 is 0 Å². The number of anilines is 2. The van der Waals surface area contributed by atoms with E-state index in [1.54, 1.807) is 61.4 Å². The van der Waals surface area contributed by atoms with Gasteiger partial charge in [0.1, 0.15) is 5.76 Å². The number of nitrogens with one attached hydrogen (secondary N) is 2. The molecule has 40 heavy (non-hydrogen) atoms. The van der Waals surface area contributed by atoms with Crippen LogP contribution in [0.15, 0.2) is 94.4 Å². The molecule has 0 aliphatic heterocycles. The minimum Gasteiger partial charge on any atom is -0.467 e. The number of benzene rings is 3. The lowest BCUT2D eigenvalue weighted by Crippen LogP contribution is -2.30. The standard InChI is InChI=1S/C31H33N3O5S/c1-22-18-23(2)31(24(3)19-22)40(37,38)33-28-14-8-7-13-27(28)32-29(35)15-16-30(36)34(21-26-12-9-17-39-26)20-25-10-5-4-6-11-25/h4-14,17-19,33H,15-16,20-21H2,1-3H3,(H,32,35). The molecule has 1 heterocycles. The summed E-state index contributed by atoms with van der Waals surface area (Å²) in [5.41, 5.74) is 3.77. The molecular weight excluding hydrogens is 526 g/mol. The summed E-state index contributed by atoms with van der Waals surface area (Å²) in [6, 6.07) is 23.4. The fourth-order valence-corrected chi connectivity index (χ4v) is 6.22. The Kier molecular flexibility index (Phi) is 9.06. The van der Waals surface area contributed by atoms with Crippen molar-refractivity contribution in [1.29, 1.82) is 0 Å². The predicted octanol–water partition coefficient (Wildman–Crippen LogP) is 5.95. The molecule has 4 rings (SSSR count). The Bertz CT molecular complexity index is 1560. The summed E-state index contributed by atoms with van der Waals surface area (Å²) >= 11 is 0. The lowest BCUT2D eigenvalue weighted by Gasteiger charge is -2.22. The number of furan rings is 1. The van der Waals surface area contributed by atoms with Gasteiger partial charge in [-0.3, -0.25) is 14.3 Å². The van der Waals surface area contributed by atoms with Crippen LogP contribution in [-0.4, -0.2) is 25.1 Å². The van der Waals surface area contributed by atoms with Crippen LogP contribution in [-0.2, 0) is 32.7 Å².